The summed E-state index contributed by atoms with van der Waals surface area (Å²) in [5.74, 6) is -55.6. The molecular formula is C66H79F31O20. The first-order valence-electron chi connectivity index (χ1n) is 32.1. The van der Waals surface area contributed by atoms with Crippen molar-refractivity contribution in [2.45, 2.75) is 268 Å². The minimum Gasteiger partial charge on any atom is -0.458 e. The van der Waals surface area contributed by atoms with Crippen molar-refractivity contribution in [3.05, 3.63) is 60.8 Å². The lowest BCUT2D eigenvalue weighted by Crippen LogP contribution is -2.60. The summed E-state index contributed by atoms with van der Waals surface area (Å²) in [6.07, 6.45) is -41.0. The lowest BCUT2D eigenvalue weighted by Gasteiger charge is -2.40. The third-order valence-electron chi connectivity index (χ3n) is 14.5. The van der Waals surface area contributed by atoms with Crippen LogP contribution < -0.4 is 0 Å². The summed E-state index contributed by atoms with van der Waals surface area (Å²) in [6.45, 7) is 20.7. The number of alkyl halides is 31. The molecule has 0 heterocycles. The molecule has 1 saturated carbocycles. The Morgan fingerprint density at radius 3 is 0.889 bits per heavy atom. The first-order chi connectivity index (χ1) is 51.4. The number of carbonyl (C=O) groups is 10. The summed E-state index contributed by atoms with van der Waals surface area (Å²) in [7, 11) is 0. The Bertz CT molecular complexity index is 3450. The summed E-state index contributed by atoms with van der Waals surface area (Å²) in [5.41, 5.74) is -11.1. The number of esters is 10. The van der Waals surface area contributed by atoms with Crippen molar-refractivity contribution in [3.8, 4) is 0 Å². The Kier molecular flexibility index (Phi) is 41.9. The van der Waals surface area contributed by atoms with Gasteiger partial charge in [0.15, 0.2) is 6.10 Å². The predicted octanol–water partition coefficient (Wildman–Crippen LogP) is 17.8. The third-order valence-corrected chi connectivity index (χ3v) is 14.5. The van der Waals surface area contributed by atoms with E-state index in [2.05, 4.69) is 75.5 Å². The summed E-state index contributed by atoms with van der Waals surface area (Å²) >= 11 is 0. The van der Waals surface area contributed by atoms with Crippen LogP contribution in [0.3, 0.4) is 0 Å². The van der Waals surface area contributed by atoms with Crippen LogP contribution in [0.2, 0.25) is 0 Å². The second kappa shape index (κ2) is 42.8. The van der Waals surface area contributed by atoms with Crippen molar-refractivity contribution in [3.63, 3.8) is 0 Å². The standard InChI is InChI=1S/C16H21F5O4.C14H15F9O4.C13H15F7O4.C12H15F5O4.C11H13F5O4/c1-9(2)12(22)24-11(10-7-5-6-8-10)14(3,16(19,20)21)25-13(23)15(4,17)18;1-7(2)9(24)26-6-8(27-10(25)11(3,15)16)4-5-12(17,18)13(19,20)14(21,22)23;1-7(2)9(21)23-6-8(24-10(22)11(3,14)15)4-5-12(16,17)13(18,19)20;1-6(2)8(18)20-7(3)10(4,12(15,16)17)21-9(19)11(5,13)14;1-6(2)7(17)19-5-9(3,11(14,15)16)20-8(18)10(4,12)13/h10-11H,1,5-8H2,2-4H3;8H,1,4-6H2,2-3H3;8H,1,4-6H2,2-3H3;7H,1H2,2-5H3;1,5H2,2-4H3. The van der Waals surface area contributed by atoms with Gasteiger partial charge in [-0.15, -0.1) is 0 Å². The molecule has 1 aliphatic carbocycles. The molecule has 51 heteroatoms. The van der Waals surface area contributed by atoms with Crippen molar-refractivity contribution in [2.75, 3.05) is 19.8 Å². The minimum atomic E-state index is -6.58. The van der Waals surface area contributed by atoms with Gasteiger partial charge in [0.05, 0.1) is 0 Å². The zero-order valence-electron chi connectivity index (χ0n) is 63.6. The van der Waals surface area contributed by atoms with Gasteiger partial charge < -0.3 is 47.4 Å². The summed E-state index contributed by atoms with van der Waals surface area (Å²) in [5, 5.41) is 0. The Morgan fingerprint density at radius 1 is 0.333 bits per heavy atom. The van der Waals surface area contributed by atoms with Gasteiger partial charge in [-0.25, -0.2) is 47.9 Å². The van der Waals surface area contributed by atoms with Gasteiger partial charge in [0, 0.05) is 81.2 Å². The van der Waals surface area contributed by atoms with Crippen LogP contribution in [0.1, 0.15) is 148 Å². The molecule has 0 spiro atoms. The molecular weight excluding hydrogens is 1700 g/mol. The van der Waals surface area contributed by atoms with E-state index in [9.17, 15) is 184 Å². The fourth-order valence-corrected chi connectivity index (χ4v) is 7.15. The number of ether oxygens (including phenoxy) is 10. The molecule has 0 radical (unpaired) electrons. The van der Waals surface area contributed by atoms with E-state index in [1.807, 2.05) is 0 Å². The topological polar surface area (TPSA) is 263 Å². The van der Waals surface area contributed by atoms with Gasteiger partial charge >= 0.3 is 138 Å². The molecule has 1 rings (SSSR count). The minimum absolute atomic E-state index is 0.0682. The predicted molar refractivity (Wildman–Crippen MR) is 334 cm³/mol. The maximum Gasteiger partial charge on any atom is 0.459 e. The first-order valence-corrected chi connectivity index (χ1v) is 32.1. The average molecular weight is 1780 g/mol. The summed E-state index contributed by atoms with van der Waals surface area (Å²) in [4.78, 5) is 112. The second-order valence-electron chi connectivity index (χ2n) is 26.3. The van der Waals surface area contributed by atoms with Crippen molar-refractivity contribution in [2.24, 2.45) is 5.92 Å². The van der Waals surface area contributed by atoms with Crippen molar-refractivity contribution >= 4 is 59.7 Å². The normalized spacial score (nSPS) is 16.0. The number of carbonyl (C=O) groups excluding carboxylic acids is 10. The van der Waals surface area contributed by atoms with E-state index in [4.69, 9.17) is 4.74 Å². The number of rotatable bonds is 33. The number of hydrogen-bond donors (Lipinski definition) is 0. The van der Waals surface area contributed by atoms with Gasteiger partial charge in [-0.1, -0.05) is 45.7 Å². The zero-order valence-corrected chi connectivity index (χ0v) is 63.6. The van der Waals surface area contributed by atoms with Crippen LogP contribution in [-0.2, 0) is 95.3 Å². The molecule has 7 unspecified atom stereocenters. The van der Waals surface area contributed by atoms with Crippen LogP contribution in [0.25, 0.3) is 0 Å². The highest BCUT2D eigenvalue weighted by atomic mass is 19.4. The molecule has 0 saturated heterocycles. The van der Waals surface area contributed by atoms with E-state index in [-0.39, 0.29) is 62.5 Å². The average Bonchev–Trinajstić information content (AvgIpc) is 1.71. The van der Waals surface area contributed by atoms with Crippen LogP contribution in [0.4, 0.5) is 136 Å². The smallest absolute Gasteiger partial charge is 0.458 e. The summed E-state index contributed by atoms with van der Waals surface area (Å²) in [6, 6.07) is 0. The van der Waals surface area contributed by atoms with Gasteiger partial charge in [-0.2, -0.15) is 136 Å². The summed E-state index contributed by atoms with van der Waals surface area (Å²) < 4.78 is 439. The fraction of sp³-hybridized carbons (Fsp3) is 0.697. The Balaban J connectivity index is -0.000000685. The lowest BCUT2D eigenvalue weighted by molar-refractivity contribution is -0.356. The van der Waals surface area contributed by atoms with E-state index >= 15 is 0 Å². The molecule has 0 N–H and O–H groups in total. The molecule has 117 heavy (non-hydrogen) atoms. The quantitative estimate of drug-likeness (QED) is 0.0256. The van der Waals surface area contributed by atoms with E-state index in [0.29, 0.717) is 46.5 Å². The second-order valence-corrected chi connectivity index (χ2v) is 26.3. The van der Waals surface area contributed by atoms with E-state index in [1.54, 1.807) is 0 Å². The van der Waals surface area contributed by atoms with Gasteiger partial charge in [0.2, 0.25) is 16.8 Å². The highest BCUT2D eigenvalue weighted by Gasteiger charge is 2.73. The lowest BCUT2D eigenvalue weighted by atomic mass is 9.86. The Hall–Kier alpha value is -8.77. The van der Waals surface area contributed by atoms with Gasteiger partial charge in [-0.3, -0.25) is 0 Å². The maximum absolute atomic E-state index is 13.7. The third kappa shape index (κ3) is 37.8. The van der Waals surface area contributed by atoms with Crippen LogP contribution in [-0.4, -0.2) is 199 Å². The van der Waals surface area contributed by atoms with Crippen LogP contribution in [0.15, 0.2) is 60.8 Å². The highest BCUT2D eigenvalue weighted by Crippen LogP contribution is 2.50. The van der Waals surface area contributed by atoms with E-state index in [1.165, 1.54) is 27.7 Å². The monoisotopic (exact) mass is 1780 g/mol. The zero-order chi connectivity index (χ0) is 94.4. The van der Waals surface area contributed by atoms with Gasteiger partial charge in [-0.05, 0) is 88.0 Å². The van der Waals surface area contributed by atoms with E-state index in [0.717, 1.165) is 13.8 Å². The van der Waals surface area contributed by atoms with Crippen molar-refractivity contribution < 1.29 is 231 Å². The Morgan fingerprint density at radius 2 is 0.615 bits per heavy atom. The fourth-order valence-electron chi connectivity index (χ4n) is 7.15. The molecule has 7 atom stereocenters. The van der Waals surface area contributed by atoms with Crippen molar-refractivity contribution in [1.29, 1.82) is 0 Å². The first kappa shape index (κ1) is 115. The highest BCUT2D eigenvalue weighted by molar-refractivity contribution is 5.89. The van der Waals surface area contributed by atoms with E-state index < -0.39 is 231 Å². The molecule has 1 aliphatic rings. The SMILES string of the molecule is C=C(C)C(=O)OC(C)C(C)(OC(=O)C(C)(F)F)C(F)(F)F.C=C(C)C(=O)OC(C1CCCC1)C(C)(OC(=O)C(C)(F)F)C(F)(F)F.C=C(C)C(=O)OCC(C)(OC(=O)C(C)(F)F)C(F)(F)F.C=C(C)C(=O)OCC(CCC(F)(F)C(F)(F)C(F)(F)F)OC(=O)C(C)(F)F.C=C(C)C(=O)OCC(CCC(F)(F)C(F)(F)F)OC(=O)C(C)(F)F. The van der Waals surface area contributed by atoms with Crippen molar-refractivity contribution in [1.82, 2.24) is 0 Å². The molecule has 0 aromatic heterocycles. The molecule has 0 aliphatic heterocycles. The molecule has 680 valence electrons. The van der Waals surface area contributed by atoms with Crippen LogP contribution in [0, 0.1) is 5.92 Å². The van der Waals surface area contributed by atoms with Crippen LogP contribution >= 0.6 is 0 Å². The molecule has 0 aromatic carbocycles. The van der Waals surface area contributed by atoms with Crippen LogP contribution in [0.5, 0.6) is 0 Å². The molecule has 0 amide bonds. The van der Waals surface area contributed by atoms with Gasteiger partial charge in [0.1, 0.15) is 38.1 Å². The maximum atomic E-state index is 13.7. The number of hydrogen-bond acceptors (Lipinski definition) is 20. The molecule has 0 aromatic rings. The molecule has 0 bridgehead atoms. The largest absolute Gasteiger partial charge is 0.459 e. The van der Waals surface area contributed by atoms with Gasteiger partial charge in [0.25, 0.3) is 0 Å². The molecule has 1 fully saturated rings. The number of halogens is 31. The Labute approximate surface area is 644 Å². The molecule has 20 nitrogen and oxygen atoms in total.